The molecule has 1 aromatic rings. The predicted octanol–water partition coefficient (Wildman–Crippen LogP) is 3.63. The van der Waals surface area contributed by atoms with Crippen LogP contribution in [0.1, 0.15) is 68.2 Å². The maximum Gasteiger partial charge on any atom is 0.306 e. The number of aryl methyl sites for hydroxylation is 2. The van der Waals surface area contributed by atoms with E-state index in [9.17, 15) is 9.59 Å². The number of benzene rings is 1. The molecule has 0 aliphatic heterocycles. The SMILES string of the molecule is CC(NC(=O)C1CCC(C(=O)O)CC1)c1ccc2c(c1)CCCC2. The van der Waals surface area contributed by atoms with Gasteiger partial charge in [-0.05, 0) is 75.0 Å². The van der Waals surface area contributed by atoms with Crippen molar-refractivity contribution in [2.24, 2.45) is 11.8 Å². The van der Waals surface area contributed by atoms with Crippen molar-refractivity contribution in [1.29, 1.82) is 0 Å². The minimum atomic E-state index is -0.726. The van der Waals surface area contributed by atoms with Gasteiger partial charge in [-0.15, -0.1) is 0 Å². The highest BCUT2D eigenvalue weighted by atomic mass is 16.4. The maximum atomic E-state index is 12.5. The first-order valence-electron chi connectivity index (χ1n) is 9.19. The number of fused-ring (bicyclic) bond motifs is 1. The van der Waals surface area contributed by atoms with Crippen LogP contribution in [0.2, 0.25) is 0 Å². The van der Waals surface area contributed by atoms with E-state index < -0.39 is 5.97 Å². The number of nitrogens with one attached hydrogen (secondary N) is 1. The largest absolute Gasteiger partial charge is 0.481 e. The fraction of sp³-hybridized carbons (Fsp3) is 0.600. The fourth-order valence-electron chi connectivity index (χ4n) is 4.04. The summed E-state index contributed by atoms with van der Waals surface area (Å²) in [6, 6.07) is 6.60. The van der Waals surface area contributed by atoms with Gasteiger partial charge in [0.05, 0.1) is 12.0 Å². The summed E-state index contributed by atoms with van der Waals surface area (Å²) in [5, 5.41) is 12.2. The van der Waals surface area contributed by atoms with Gasteiger partial charge >= 0.3 is 5.97 Å². The average molecular weight is 329 g/mol. The molecule has 0 spiro atoms. The van der Waals surface area contributed by atoms with E-state index in [1.807, 2.05) is 6.92 Å². The van der Waals surface area contributed by atoms with E-state index in [0.29, 0.717) is 25.7 Å². The molecule has 4 heteroatoms. The Hall–Kier alpha value is -1.84. The van der Waals surface area contributed by atoms with E-state index >= 15 is 0 Å². The first-order chi connectivity index (χ1) is 11.5. The molecular formula is C20H27NO3. The Labute approximate surface area is 143 Å². The van der Waals surface area contributed by atoms with Crippen LogP contribution in [0.25, 0.3) is 0 Å². The zero-order chi connectivity index (χ0) is 17.1. The molecule has 1 amide bonds. The molecule has 24 heavy (non-hydrogen) atoms. The zero-order valence-corrected chi connectivity index (χ0v) is 14.4. The Morgan fingerprint density at radius 3 is 2.33 bits per heavy atom. The quantitative estimate of drug-likeness (QED) is 0.886. The lowest BCUT2D eigenvalue weighted by Gasteiger charge is -2.27. The average Bonchev–Trinajstić information content (AvgIpc) is 2.61. The number of hydrogen-bond acceptors (Lipinski definition) is 2. The first-order valence-corrected chi connectivity index (χ1v) is 9.19. The van der Waals surface area contributed by atoms with E-state index in [2.05, 4.69) is 23.5 Å². The van der Waals surface area contributed by atoms with Gasteiger partial charge in [0.2, 0.25) is 5.91 Å². The third-order valence-corrected chi connectivity index (χ3v) is 5.68. The molecule has 0 aromatic heterocycles. The molecule has 130 valence electrons. The predicted molar refractivity (Wildman–Crippen MR) is 92.7 cm³/mol. The van der Waals surface area contributed by atoms with Crippen molar-refractivity contribution in [3.63, 3.8) is 0 Å². The second-order valence-electron chi connectivity index (χ2n) is 7.35. The smallest absolute Gasteiger partial charge is 0.306 e. The molecule has 1 atom stereocenters. The summed E-state index contributed by atoms with van der Waals surface area (Å²) < 4.78 is 0. The fourth-order valence-corrected chi connectivity index (χ4v) is 4.04. The number of aliphatic carboxylic acids is 1. The summed E-state index contributed by atoms with van der Waals surface area (Å²) in [5.41, 5.74) is 4.06. The molecule has 0 radical (unpaired) electrons. The lowest BCUT2D eigenvalue weighted by Crippen LogP contribution is -2.35. The lowest BCUT2D eigenvalue weighted by molar-refractivity contribution is -0.144. The minimum Gasteiger partial charge on any atom is -0.481 e. The summed E-state index contributed by atoms with van der Waals surface area (Å²) >= 11 is 0. The summed E-state index contributed by atoms with van der Waals surface area (Å²) in [6.07, 6.45) is 7.43. The van der Waals surface area contributed by atoms with Crippen LogP contribution in [0, 0.1) is 11.8 Å². The maximum absolute atomic E-state index is 12.5. The highest BCUT2D eigenvalue weighted by Gasteiger charge is 2.30. The molecule has 2 N–H and O–H groups in total. The monoisotopic (exact) mass is 329 g/mol. The Kier molecular flexibility index (Phi) is 5.22. The Balaban J connectivity index is 1.57. The van der Waals surface area contributed by atoms with Crippen LogP contribution in [0.3, 0.4) is 0 Å². The van der Waals surface area contributed by atoms with Crippen molar-refractivity contribution in [2.75, 3.05) is 0 Å². The third kappa shape index (κ3) is 3.80. The number of carbonyl (C=O) groups is 2. The molecule has 0 heterocycles. The second kappa shape index (κ2) is 7.37. The zero-order valence-electron chi connectivity index (χ0n) is 14.4. The van der Waals surface area contributed by atoms with Crippen molar-refractivity contribution in [2.45, 2.75) is 64.3 Å². The van der Waals surface area contributed by atoms with Gasteiger partial charge in [-0.1, -0.05) is 18.2 Å². The Bertz CT molecular complexity index is 617. The highest BCUT2D eigenvalue weighted by molar-refractivity contribution is 5.79. The molecule has 3 rings (SSSR count). The number of carbonyl (C=O) groups excluding carboxylic acids is 1. The van der Waals surface area contributed by atoms with E-state index in [-0.39, 0.29) is 23.8 Å². The van der Waals surface area contributed by atoms with E-state index in [4.69, 9.17) is 5.11 Å². The topological polar surface area (TPSA) is 66.4 Å². The first kappa shape index (κ1) is 17.0. The van der Waals surface area contributed by atoms with Gasteiger partial charge < -0.3 is 10.4 Å². The van der Waals surface area contributed by atoms with E-state index in [1.54, 1.807) is 0 Å². The van der Waals surface area contributed by atoms with E-state index in [1.165, 1.54) is 36.0 Å². The summed E-state index contributed by atoms with van der Waals surface area (Å²) in [4.78, 5) is 23.5. The molecular weight excluding hydrogens is 302 g/mol. The molecule has 1 unspecified atom stereocenters. The second-order valence-corrected chi connectivity index (χ2v) is 7.35. The van der Waals surface area contributed by atoms with Gasteiger partial charge in [0.25, 0.3) is 0 Å². The Morgan fingerprint density at radius 2 is 1.67 bits per heavy atom. The van der Waals surface area contributed by atoms with Gasteiger partial charge in [-0.3, -0.25) is 9.59 Å². The highest BCUT2D eigenvalue weighted by Crippen LogP contribution is 2.30. The van der Waals surface area contributed by atoms with Crippen LogP contribution in [-0.2, 0) is 22.4 Å². The van der Waals surface area contributed by atoms with Crippen molar-refractivity contribution >= 4 is 11.9 Å². The molecule has 1 fully saturated rings. The molecule has 0 saturated heterocycles. The van der Waals surface area contributed by atoms with Crippen LogP contribution in [0.4, 0.5) is 0 Å². The number of carboxylic acid groups (broad SMARTS) is 1. The minimum absolute atomic E-state index is 0.00178. The van der Waals surface area contributed by atoms with Gasteiger partial charge in [-0.2, -0.15) is 0 Å². The van der Waals surface area contributed by atoms with Crippen molar-refractivity contribution in [1.82, 2.24) is 5.32 Å². The summed E-state index contributed by atoms with van der Waals surface area (Å²) in [5.74, 6) is -0.965. The van der Waals surface area contributed by atoms with Crippen molar-refractivity contribution < 1.29 is 14.7 Å². The molecule has 1 aromatic carbocycles. The van der Waals surface area contributed by atoms with E-state index in [0.717, 1.165) is 6.42 Å². The molecule has 2 aliphatic rings. The molecule has 0 bridgehead atoms. The van der Waals surface area contributed by atoms with Crippen LogP contribution in [-0.4, -0.2) is 17.0 Å². The molecule has 4 nitrogen and oxygen atoms in total. The lowest BCUT2D eigenvalue weighted by atomic mass is 9.81. The molecule has 2 aliphatic carbocycles. The van der Waals surface area contributed by atoms with Gasteiger partial charge in [-0.25, -0.2) is 0 Å². The van der Waals surface area contributed by atoms with Crippen molar-refractivity contribution in [3.05, 3.63) is 34.9 Å². The van der Waals surface area contributed by atoms with Crippen LogP contribution in [0.15, 0.2) is 18.2 Å². The molecule has 1 saturated carbocycles. The van der Waals surface area contributed by atoms with Crippen molar-refractivity contribution in [3.8, 4) is 0 Å². The number of rotatable bonds is 4. The van der Waals surface area contributed by atoms with Crippen LogP contribution in [0.5, 0.6) is 0 Å². The van der Waals surface area contributed by atoms with Gasteiger partial charge in [0.15, 0.2) is 0 Å². The summed E-state index contributed by atoms with van der Waals surface area (Å²) in [7, 11) is 0. The third-order valence-electron chi connectivity index (χ3n) is 5.68. The normalized spacial score (nSPS) is 24.7. The van der Waals surface area contributed by atoms with Crippen LogP contribution < -0.4 is 5.32 Å². The number of amides is 1. The standard InChI is InChI=1S/C20H27NO3/c1-13(17-11-6-14-4-2-3-5-18(14)12-17)21-19(22)15-7-9-16(10-8-15)20(23)24/h6,11-13,15-16H,2-5,7-10H2,1H3,(H,21,22)(H,23,24). The summed E-state index contributed by atoms with van der Waals surface area (Å²) in [6.45, 7) is 2.03. The number of carboxylic acids is 1. The van der Waals surface area contributed by atoms with Crippen LogP contribution >= 0.6 is 0 Å². The van der Waals surface area contributed by atoms with Gasteiger partial charge in [0, 0.05) is 5.92 Å². The Morgan fingerprint density at radius 1 is 1.04 bits per heavy atom. The van der Waals surface area contributed by atoms with Gasteiger partial charge in [0.1, 0.15) is 0 Å². The number of hydrogen-bond donors (Lipinski definition) is 2.